The van der Waals surface area contributed by atoms with E-state index in [1.54, 1.807) is 11.3 Å². The van der Waals surface area contributed by atoms with Crippen LogP contribution in [0.4, 0.5) is 5.69 Å². The van der Waals surface area contributed by atoms with Crippen molar-refractivity contribution in [1.29, 1.82) is 0 Å². The van der Waals surface area contributed by atoms with E-state index in [4.69, 9.17) is 0 Å². The topological polar surface area (TPSA) is 7.12 Å². The smallest absolute Gasteiger partial charge is 0.261 e. The molecule has 2 heterocycles. The number of benzene rings is 2. The highest BCUT2D eigenvalue weighted by Gasteiger charge is 2.16. The molecule has 0 saturated carbocycles. The molecule has 150 valence electrons. The van der Waals surface area contributed by atoms with Crippen molar-refractivity contribution in [3.05, 3.63) is 70.0 Å². The molecule has 2 aromatic carbocycles. The van der Waals surface area contributed by atoms with Crippen LogP contribution in [-0.4, -0.2) is 13.1 Å². The van der Waals surface area contributed by atoms with Gasteiger partial charge in [-0.15, -0.1) is 0 Å². The standard InChI is InChI=1S/C26H31N2S/c1-20(2)18-22-6-11-23(12-7-22)25-19-29-26(27(25)3)15-10-21-8-13-24(14-9-21)28-16-4-5-17-28/h6-15,19-20H,4-5,16-18H2,1-3H3/q+1. The quantitative estimate of drug-likeness (QED) is 0.444. The van der Waals surface area contributed by atoms with Crippen molar-refractivity contribution in [1.82, 2.24) is 0 Å². The van der Waals surface area contributed by atoms with Crippen molar-refractivity contribution in [2.24, 2.45) is 13.0 Å². The zero-order chi connectivity index (χ0) is 20.2. The summed E-state index contributed by atoms with van der Waals surface area (Å²) in [6.45, 7) is 6.93. The van der Waals surface area contributed by atoms with Gasteiger partial charge < -0.3 is 4.90 Å². The summed E-state index contributed by atoms with van der Waals surface area (Å²) in [7, 11) is 2.16. The summed E-state index contributed by atoms with van der Waals surface area (Å²) in [5.74, 6) is 0.694. The molecule has 4 rings (SSSR count). The van der Waals surface area contributed by atoms with Gasteiger partial charge in [0.05, 0.1) is 5.38 Å². The highest BCUT2D eigenvalue weighted by molar-refractivity contribution is 7.10. The molecule has 0 atom stereocenters. The zero-order valence-corrected chi connectivity index (χ0v) is 18.6. The molecule has 0 bridgehead atoms. The molecule has 0 spiro atoms. The van der Waals surface area contributed by atoms with Gasteiger partial charge in [-0.1, -0.05) is 49.4 Å². The van der Waals surface area contributed by atoms with E-state index in [1.165, 1.54) is 59.0 Å². The molecule has 0 aliphatic carbocycles. The van der Waals surface area contributed by atoms with Crippen LogP contribution in [0, 0.1) is 5.92 Å². The van der Waals surface area contributed by atoms with E-state index in [0.717, 1.165) is 6.42 Å². The number of aromatic nitrogens is 1. The van der Waals surface area contributed by atoms with Crippen LogP contribution in [0.1, 0.15) is 42.8 Å². The molecule has 3 heteroatoms. The van der Waals surface area contributed by atoms with Gasteiger partial charge in [0.25, 0.3) is 5.01 Å². The van der Waals surface area contributed by atoms with Crippen LogP contribution in [0.15, 0.2) is 53.9 Å². The van der Waals surface area contributed by atoms with Crippen molar-refractivity contribution in [3.63, 3.8) is 0 Å². The Morgan fingerprint density at radius 1 is 0.966 bits per heavy atom. The molecular formula is C26H31N2S+. The first-order valence-corrected chi connectivity index (χ1v) is 11.6. The third kappa shape index (κ3) is 4.79. The van der Waals surface area contributed by atoms with Crippen LogP contribution in [0.3, 0.4) is 0 Å². The van der Waals surface area contributed by atoms with E-state index >= 15 is 0 Å². The van der Waals surface area contributed by atoms with E-state index in [2.05, 4.69) is 96.4 Å². The highest BCUT2D eigenvalue weighted by atomic mass is 32.1. The normalized spacial score (nSPS) is 14.4. The molecule has 1 aliphatic rings. The Labute approximate surface area is 179 Å². The molecule has 29 heavy (non-hydrogen) atoms. The van der Waals surface area contributed by atoms with Crippen molar-refractivity contribution < 1.29 is 4.57 Å². The zero-order valence-electron chi connectivity index (χ0n) is 17.8. The number of hydrogen-bond acceptors (Lipinski definition) is 2. The maximum Gasteiger partial charge on any atom is 0.261 e. The second-order valence-corrected chi connectivity index (χ2v) is 9.32. The van der Waals surface area contributed by atoms with Gasteiger partial charge >= 0.3 is 0 Å². The fraction of sp³-hybridized carbons (Fsp3) is 0.346. The summed E-state index contributed by atoms with van der Waals surface area (Å²) >= 11 is 1.80. The van der Waals surface area contributed by atoms with Crippen LogP contribution in [-0.2, 0) is 13.5 Å². The molecule has 1 aliphatic heterocycles. The van der Waals surface area contributed by atoms with Crippen molar-refractivity contribution in [2.45, 2.75) is 33.1 Å². The molecule has 1 aromatic heterocycles. The molecule has 0 N–H and O–H groups in total. The van der Waals surface area contributed by atoms with E-state index < -0.39 is 0 Å². The predicted octanol–water partition coefficient (Wildman–Crippen LogP) is 6.21. The van der Waals surface area contributed by atoms with Gasteiger partial charge in [0.15, 0.2) is 0 Å². The van der Waals surface area contributed by atoms with Gasteiger partial charge in [-0.2, -0.15) is 4.57 Å². The summed E-state index contributed by atoms with van der Waals surface area (Å²) in [5.41, 5.74) is 6.57. The highest BCUT2D eigenvalue weighted by Crippen LogP contribution is 2.24. The predicted molar refractivity (Wildman–Crippen MR) is 126 cm³/mol. The fourth-order valence-corrected chi connectivity index (χ4v) is 4.96. The summed E-state index contributed by atoms with van der Waals surface area (Å²) in [6.07, 6.45) is 8.22. The third-order valence-electron chi connectivity index (χ3n) is 5.66. The van der Waals surface area contributed by atoms with Crippen LogP contribution < -0.4 is 9.47 Å². The maximum atomic E-state index is 2.48. The largest absolute Gasteiger partial charge is 0.372 e. The van der Waals surface area contributed by atoms with E-state index in [9.17, 15) is 0 Å². The Bertz CT molecular complexity index is 959. The molecule has 3 aromatic rings. The van der Waals surface area contributed by atoms with E-state index in [-0.39, 0.29) is 0 Å². The Morgan fingerprint density at radius 3 is 2.31 bits per heavy atom. The minimum Gasteiger partial charge on any atom is -0.372 e. The average Bonchev–Trinajstić information content (AvgIpc) is 3.37. The van der Waals surface area contributed by atoms with Gasteiger partial charge in [0.2, 0.25) is 5.69 Å². The van der Waals surface area contributed by atoms with Crippen LogP contribution in [0.5, 0.6) is 0 Å². The van der Waals surface area contributed by atoms with Crippen LogP contribution >= 0.6 is 11.3 Å². The third-order valence-corrected chi connectivity index (χ3v) is 6.65. The Morgan fingerprint density at radius 2 is 1.66 bits per heavy atom. The molecule has 0 amide bonds. The first kappa shape index (κ1) is 19.9. The maximum absolute atomic E-state index is 2.48. The van der Waals surface area contributed by atoms with Crippen LogP contribution in [0.2, 0.25) is 0 Å². The molecule has 0 unspecified atom stereocenters. The van der Waals surface area contributed by atoms with Gasteiger partial charge in [-0.05, 0) is 66.6 Å². The van der Waals surface area contributed by atoms with Crippen molar-refractivity contribution in [2.75, 3.05) is 18.0 Å². The number of nitrogens with zero attached hydrogens (tertiary/aromatic N) is 2. The van der Waals surface area contributed by atoms with Gasteiger partial charge in [-0.25, -0.2) is 0 Å². The first-order valence-electron chi connectivity index (χ1n) is 10.7. The molecule has 2 nitrogen and oxygen atoms in total. The Balaban J connectivity index is 1.46. The molecule has 1 fully saturated rings. The van der Waals surface area contributed by atoms with E-state index in [1.807, 2.05) is 0 Å². The van der Waals surface area contributed by atoms with Crippen molar-refractivity contribution in [3.8, 4) is 11.3 Å². The second kappa shape index (κ2) is 8.96. The summed E-state index contributed by atoms with van der Waals surface area (Å²) in [6, 6.07) is 18.0. The minimum absolute atomic E-state index is 0.694. The molecule has 0 radical (unpaired) electrons. The number of thiazole rings is 1. The first-order chi connectivity index (χ1) is 14.1. The minimum atomic E-state index is 0.694. The SMILES string of the molecule is CC(C)Cc1ccc(-c2csc(/C=C/c3ccc(N4CCCC4)cc3)[n+]2C)cc1. The van der Waals surface area contributed by atoms with Gasteiger partial charge in [0.1, 0.15) is 7.05 Å². The summed E-state index contributed by atoms with van der Waals surface area (Å²) < 4.78 is 2.29. The van der Waals surface area contributed by atoms with Crippen molar-refractivity contribution >= 4 is 29.2 Å². The van der Waals surface area contributed by atoms with E-state index in [0.29, 0.717) is 5.92 Å². The number of rotatable bonds is 6. The molecule has 1 saturated heterocycles. The Hall–Kier alpha value is -2.39. The second-order valence-electron chi connectivity index (χ2n) is 8.43. The van der Waals surface area contributed by atoms with Gasteiger partial charge in [0, 0.05) is 30.4 Å². The summed E-state index contributed by atoms with van der Waals surface area (Å²) in [4.78, 5) is 2.48. The monoisotopic (exact) mass is 403 g/mol. The summed E-state index contributed by atoms with van der Waals surface area (Å²) in [5, 5.41) is 3.52. The lowest BCUT2D eigenvalue weighted by molar-refractivity contribution is -0.657. The fourth-order valence-electron chi connectivity index (χ4n) is 4.03. The lowest BCUT2D eigenvalue weighted by Gasteiger charge is -2.17. The lowest BCUT2D eigenvalue weighted by atomic mass is 10.0. The number of anilines is 1. The van der Waals surface area contributed by atoms with Gasteiger partial charge in [-0.3, -0.25) is 0 Å². The van der Waals surface area contributed by atoms with Crippen LogP contribution in [0.25, 0.3) is 23.4 Å². The lowest BCUT2D eigenvalue weighted by Crippen LogP contribution is -2.30. The average molecular weight is 404 g/mol. The molecular weight excluding hydrogens is 372 g/mol. The number of hydrogen-bond donors (Lipinski definition) is 0. The Kier molecular flexibility index (Phi) is 6.15.